The summed E-state index contributed by atoms with van der Waals surface area (Å²) in [5, 5.41) is 24.2. The van der Waals surface area contributed by atoms with Crippen molar-refractivity contribution in [1.29, 1.82) is 0 Å². The van der Waals surface area contributed by atoms with Gasteiger partial charge in [0.15, 0.2) is 11.6 Å². The Labute approximate surface area is 174 Å². The number of H-pyrrole nitrogens is 1. The van der Waals surface area contributed by atoms with E-state index in [2.05, 4.69) is 25.6 Å². The largest absolute Gasteiger partial charge is 0.426 e. The number of anilines is 3. The van der Waals surface area contributed by atoms with Crippen LogP contribution in [0, 0.1) is 6.92 Å². The number of hydrogen-bond donors (Lipinski definition) is 3. The van der Waals surface area contributed by atoms with E-state index in [1.165, 1.54) is 0 Å². The highest BCUT2D eigenvalue weighted by molar-refractivity contribution is 5.85. The second-order valence-electron chi connectivity index (χ2n) is 7.51. The van der Waals surface area contributed by atoms with Crippen LogP contribution in [0.5, 0.6) is 0 Å². The van der Waals surface area contributed by atoms with E-state index >= 15 is 0 Å². The van der Waals surface area contributed by atoms with Gasteiger partial charge in [0.1, 0.15) is 5.52 Å². The van der Waals surface area contributed by atoms with Gasteiger partial charge in [-0.3, -0.25) is 9.89 Å². The molecule has 166 valence electrons. The zero-order chi connectivity index (χ0) is 22.4. The Hall–Kier alpha value is -3.35. The molecule has 0 aliphatic carbocycles. The van der Waals surface area contributed by atoms with Gasteiger partial charge in [0, 0.05) is 44.1 Å². The third-order valence-corrected chi connectivity index (χ3v) is 5.15. The topological polar surface area (TPSA) is 115 Å². The molecule has 0 spiro atoms. The van der Waals surface area contributed by atoms with E-state index in [4.69, 9.17) is 0 Å². The number of halogens is 3. The zero-order valence-electron chi connectivity index (χ0n) is 16.8. The molecule has 1 fully saturated rings. The van der Waals surface area contributed by atoms with Crippen LogP contribution in [-0.4, -0.2) is 78.7 Å². The molecule has 0 bridgehead atoms. The molecule has 3 aromatic rings. The van der Waals surface area contributed by atoms with Crippen molar-refractivity contribution < 1.29 is 23.1 Å². The molecule has 1 aliphatic rings. The number of nitrogens with one attached hydrogen (secondary N) is 2. The van der Waals surface area contributed by atoms with Crippen LogP contribution < -0.4 is 10.2 Å². The van der Waals surface area contributed by atoms with Crippen molar-refractivity contribution in [1.82, 2.24) is 29.7 Å². The molecular weight excluding hydrogens is 417 g/mol. The van der Waals surface area contributed by atoms with Gasteiger partial charge in [0.25, 0.3) is 5.91 Å². The number of carbonyl (C=O) groups is 1. The van der Waals surface area contributed by atoms with Crippen LogP contribution in [0.25, 0.3) is 5.52 Å². The minimum Gasteiger partial charge on any atom is -0.373 e. The number of rotatable bonds is 4. The maximum absolute atomic E-state index is 13.0. The number of aromatic amines is 1. The Bertz CT molecular complexity index is 1100. The number of piperazine rings is 1. The monoisotopic (exact) mass is 438 g/mol. The Kier molecular flexibility index (Phi) is 5.00. The summed E-state index contributed by atoms with van der Waals surface area (Å²) in [6.45, 7) is 2.77. The van der Waals surface area contributed by atoms with E-state index < -0.39 is 17.7 Å². The van der Waals surface area contributed by atoms with Crippen molar-refractivity contribution in [2.24, 2.45) is 0 Å². The first-order chi connectivity index (χ1) is 14.6. The Morgan fingerprint density at radius 1 is 1.26 bits per heavy atom. The third-order valence-electron chi connectivity index (χ3n) is 5.15. The summed E-state index contributed by atoms with van der Waals surface area (Å²) in [4.78, 5) is 19.5. The smallest absolute Gasteiger partial charge is 0.373 e. The van der Waals surface area contributed by atoms with Gasteiger partial charge in [-0.05, 0) is 26.0 Å². The van der Waals surface area contributed by atoms with Gasteiger partial charge in [-0.1, -0.05) is 0 Å². The Morgan fingerprint density at radius 2 is 1.97 bits per heavy atom. The molecule has 4 heterocycles. The van der Waals surface area contributed by atoms with Crippen LogP contribution >= 0.6 is 0 Å². The van der Waals surface area contributed by atoms with Crippen molar-refractivity contribution >= 4 is 29.0 Å². The lowest BCUT2D eigenvalue weighted by Gasteiger charge is -2.38. The molecule has 0 saturated carbocycles. The van der Waals surface area contributed by atoms with Crippen LogP contribution in [0.15, 0.2) is 24.4 Å². The van der Waals surface area contributed by atoms with Crippen molar-refractivity contribution in [2.45, 2.75) is 25.6 Å². The number of carbonyl (C=O) groups excluding carboxylic acids is 1. The highest BCUT2D eigenvalue weighted by Crippen LogP contribution is 2.32. The minimum absolute atomic E-state index is 0.000534. The van der Waals surface area contributed by atoms with E-state index in [0.717, 1.165) is 16.1 Å². The molecule has 13 heteroatoms. The maximum atomic E-state index is 13.0. The first kappa shape index (κ1) is 20.9. The van der Waals surface area contributed by atoms with Crippen LogP contribution in [0.2, 0.25) is 0 Å². The number of aromatic nitrogens is 5. The maximum Gasteiger partial charge on any atom is 0.426 e. The Morgan fingerprint density at radius 3 is 2.58 bits per heavy atom. The normalized spacial score (nSPS) is 17.1. The van der Waals surface area contributed by atoms with E-state index in [0.29, 0.717) is 24.5 Å². The number of fused-ring (bicyclic) bond motifs is 1. The van der Waals surface area contributed by atoms with Crippen LogP contribution in [-0.2, 0) is 4.79 Å². The summed E-state index contributed by atoms with van der Waals surface area (Å²) in [6, 6.07) is 5.46. The molecule has 3 N–H and O–H groups in total. The van der Waals surface area contributed by atoms with E-state index in [1.807, 2.05) is 25.1 Å². The van der Waals surface area contributed by atoms with Gasteiger partial charge in [0.05, 0.1) is 0 Å². The van der Waals surface area contributed by atoms with E-state index in [9.17, 15) is 23.1 Å². The van der Waals surface area contributed by atoms with E-state index in [-0.39, 0.29) is 26.2 Å². The molecule has 1 atom stereocenters. The van der Waals surface area contributed by atoms with Crippen LogP contribution in [0.3, 0.4) is 0 Å². The second-order valence-corrected chi connectivity index (χ2v) is 7.51. The van der Waals surface area contributed by atoms with Crippen molar-refractivity contribution in [2.75, 3.05) is 36.4 Å². The average Bonchev–Trinajstić information content (AvgIpc) is 3.35. The van der Waals surface area contributed by atoms with Gasteiger partial charge in [-0.25, -0.2) is 4.52 Å². The predicted molar refractivity (Wildman–Crippen MR) is 105 cm³/mol. The quantitative estimate of drug-likeness (QED) is 0.565. The summed E-state index contributed by atoms with van der Waals surface area (Å²) in [7, 11) is 0. The standard InChI is InChI=1S/C18H21F3N8O2/c1-11-10-13(25-24-11)22-14-12-4-3-5-29(12)26-16(23-14)28-8-6-27(7-9-28)15(30)17(2,31)18(19,20)21/h3-5,10,31H,6-9H2,1-2H3,(H2,22,23,24,25,26)/t17-/m0/s1. The molecule has 31 heavy (non-hydrogen) atoms. The minimum atomic E-state index is -5.05. The van der Waals surface area contributed by atoms with Crippen LogP contribution in [0.4, 0.5) is 30.8 Å². The number of aliphatic hydroxyl groups is 1. The number of amides is 1. The lowest BCUT2D eigenvalue weighted by Crippen LogP contribution is -2.60. The van der Waals surface area contributed by atoms with E-state index in [1.54, 1.807) is 15.6 Å². The lowest BCUT2D eigenvalue weighted by atomic mass is 10.0. The summed E-state index contributed by atoms with van der Waals surface area (Å²) in [5.74, 6) is 0.0842. The highest BCUT2D eigenvalue weighted by Gasteiger charge is 2.57. The van der Waals surface area contributed by atoms with Gasteiger partial charge in [-0.2, -0.15) is 23.3 Å². The van der Waals surface area contributed by atoms with Crippen molar-refractivity contribution in [3.8, 4) is 0 Å². The summed E-state index contributed by atoms with van der Waals surface area (Å²) in [6.07, 6.45) is -3.29. The molecular formula is C18H21F3N8O2. The molecule has 10 nitrogen and oxygen atoms in total. The summed E-state index contributed by atoms with van der Waals surface area (Å²) >= 11 is 0. The number of alkyl halides is 3. The number of nitrogens with zero attached hydrogens (tertiary/aromatic N) is 6. The molecule has 4 rings (SSSR count). The third kappa shape index (κ3) is 3.87. The number of aryl methyl sites for hydroxylation is 1. The molecule has 0 unspecified atom stereocenters. The fraction of sp³-hybridized carbons (Fsp3) is 0.444. The van der Waals surface area contributed by atoms with Gasteiger partial charge >= 0.3 is 6.18 Å². The predicted octanol–water partition coefficient (Wildman–Crippen LogP) is 1.47. The van der Waals surface area contributed by atoms with Crippen LogP contribution in [0.1, 0.15) is 12.6 Å². The van der Waals surface area contributed by atoms with Crippen molar-refractivity contribution in [3.05, 3.63) is 30.1 Å². The van der Waals surface area contributed by atoms with Crippen molar-refractivity contribution in [3.63, 3.8) is 0 Å². The molecule has 1 amide bonds. The average molecular weight is 438 g/mol. The number of hydrogen-bond acceptors (Lipinski definition) is 7. The fourth-order valence-corrected chi connectivity index (χ4v) is 3.29. The molecule has 0 radical (unpaired) electrons. The Balaban J connectivity index is 1.52. The second kappa shape index (κ2) is 7.41. The SMILES string of the molecule is Cc1cc(Nc2nc(N3CCN(C(=O)[C@](C)(O)C(F)(F)F)CC3)nn3cccc23)n[nH]1. The molecule has 3 aromatic heterocycles. The summed E-state index contributed by atoms with van der Waals surface area (Å²) in [5.41, 5.74) is -1.83. The first-order valence-electron chi connectivity index (χ1n) is 9.54. The molecule has 0 aromatic carbocycles. The van der Waals surface area contributed by atoms with Gasteiger partial charge in [-0.15, -0.1) is 5.10 Å². The summed E-state index contributed by atoms with van der Waals surface area (Å²) < 4.78 is 40.6. The fourth-order valence-electron chi connectivity index (χ4n) is 3.29. The molecule has 1 saturated heterocycles. The molecule has 1 aliphatic heterocycles. The zero-order valence-corrected chi connectivity index (χ0v) is 16.8. The van der Waals surface area contributed by atoms with Gasteiger partial charge in [0.2, 0.25) is 11.5 Å². The highest BCUT2D eigenvalue weighted by atomic mass is 19.4. The lowest BCUT2D eigenvalue weighted by molar-refractivity contribution is -0.250. The van der Waals surface area contributed by atoms with Gasteiger partial charge < -0.3 is 20.2 Å². The first-order valence-corrected chi connectivity index (χ1v) is 9.54.